The van der Waals surface area contributed by atoms with Crippen molar-refractivity contribution in [2.24, 2.45) is 5.92 Å². The monoisotopic (exact) mass is 427 g/mol. The number of carbonyl (C=O) groups excluding carboxylic acids is 1. The smallest absolute Gasteiger partial charge is 0.239 e. The Morgan fingerprint density at radius 2 is 2.20 bits per heavy atom. The van der Waals surface area contributed by atoms with E-state index in [0.717, 1.165) is 30.4 Å². The number of anilines is 1. The van der Waals surface area contributed by atoms with Crippen LogP contribution in [0.2, 0.25) is 0 Å². The van der Waals surface area contributed by atoms with Crippen LogP contribution in [-0.2, 0) is 24.2 Å². The van der Waals surface area contributed by atoms with Crippen molar-refractivity contribution in [3.63, 3.8) is 0 Å². The van der Waals surface area contributed by atoms with Crippen LogP contribution in [0.4, 0.5) is 5.00 Å². The molecular weight excluding hydrogens is 398 g/mol. The summed E-state index contributed by atoms with van der Waals surface area (Å²) in [4.78, 5) is 15.8. The van der Waals surface area contributed by atoms with Gasteiger partial charge in [0.1, 0.15) is 11.1 Å². The normalized spacial score (nSPS) is 15.4. The first kappa shape index (κ1) is 22.1. The van der Waals surface area contributed by atoms with Gasteiger partial charge in [0.05, 0.1) is 25.8 Å². The Morgan fingerprint density at radius 3 is 2.90 bits per heavy atom. The molecule has 1 aliphatic rings. The molecule has 0 radical (unpaired) electrons. The maximum atomic E-state index is 12.6. The predicted octanol–water partition coefficient (Wildman–Crippen LogP) is 4.22. The summed E-state index contributed by atoms with van der Waals surface area (Å²) in [5, 5.41) is 13.3. The van der Waals surface area contributed by atoms with Crippen molar-refractivity contribution in [3.8, 4) is 17.6 Å². The first-order valence-corrected chi connectivity index (χ1v) is 11.1. The molecule has 1 aromatic heterocycles. The third-order valence-corrected chi connectivity index (χ3v) is 6.44. The molecule has 6 nitrogen and oxygen atoms in total. The Hall–Kier alpha value is -2.56. The zero-order valence-corrected chi connectivity index (χ0v) is 18.9. The number of hydrogen-bond acceptors (Lipinski definition) is 6. The van der Waals surface area contributed by atoms with Crippen LogP contribution in [0.25, 0.3) is 0 Å². The first-order valence-electron chi connectivity index (χ1n) is 10.3. The molecule has 3 rings (SSSR count). The number of hydrogen-bond donors (Lipinski definition) is 1. The van der Waals surface area contributed by atoms with Gasteiger partial charge in [-0.05, 0) is 62.4 Å². The summed E-state index contributed by atoms with van der Waals surface area (Å²) in [6, 6.07) is 8.10. The van der Waals surface area contributed by atoms with Gasteiger partial charge in [-0.2, -0.15) is 5.26 Å². The fourth-order valence-electron chi connectivity index (χ4n) is 3.82. The number of ether oxygens (including phenoxy) is 2. The van der Waals surface area contributed by atoms with Gasteiger partial charge < -0.3 is 14.8 Å². The van der Waals surface area contributed by atoms with Crippen molar-refractivity contribution >= 4 is 22.2 Å². The number of nitrogens with zero attached hydrogens (tertiary/aromatic N) is 2. The molecule has 0 aliphatic heterocycles. The summed E-state index contributed by atoms with van der Waals surface area (Å²) in [6.45, 7) is 5.57. The Labute approximate surface area is 182 Å². The number of nitrogens with one attached hydrogen (secondary N) is 1. The summed E-state index contributed by atoms with van der Waals surface area (Å²) in [5.41, 5.74) is 2.81. The SMILES string of the molecule is CCOc1ccc(CN(C)CC(=O)Nc2sc3c(c2C#N)CC[C@H](C)C3)cc1OC. The minimum Gasteiger partial charge on any atom is -0.493 e. The zero-order chi connectivity index (χ0) is 21.7. The summed E-state index contributed by atoms with van der Waals surface area (Å²) >= 11 is 1.56. The number of rotatable bonds is 8. The van der Waals surface area contributed by atoms with Crippen molar-refractivity contribution in [3.05, 3.63) is 39.8 Å². The maximum absolute atomic E-state index is 12.6. The van der Waals surface area contributed by atoms with Crippen molar-refractivity contribution in [1.82, 2.24) is 4.90 Å². The standard InChI is InChI=1S/C23H29N3O3S/c1-5-29-19-9-7-16(11-20(19)28-4)13-26(3)14-22(27)25-23-18(12-24)17-8-6-15(2)10-21(17)30-23/h7,9,11,15H,5-6,8,10,13-14H2,1-4H3,(H,25,27)/t15-/m0/s1. The van der Waals surface area contributed by atoms with E-state index in [-0.39, 0.29) is 12.5 Å². The van der Waals surface area contributed by atoms with Gasteiger partial charge in [0, 0.05) is 11.4 Å². The number of thiophene rings is 1. The summed E-state index contributed by atoms with van der Waals surface area (Å²) in [6.07, 6.45) is 3.01. The summed E-state index contributed by atoms with van der Waals surface area (Å²) in [5.74, 6) is 1.91. The van der Waals surface area contributed by atoms with E-state index in [2.05, 4.69) is 18.3 Å². The second kappa shape index (κ2) is 9.96. The van der Waals surface area contributed by atoms with Crippen LogP contribution in [0.1, 0.15) is 41.8 Å². The van der Waals surface area contributed by atoms with Crippen molar-refractivity contribution in [2.45, 2.75) is 39.7 Å². The molecule has 0 unspecified atom stereocenters. The molecule has 0 spiro atoms. The lowest BCUT2D eigenvalue weighted by Gasteiger charge is -2.17. The quantitative estimate of drug-likeness (QED) is 0.683. The first-order chi connectivity index (χ1) is 14.4. The second-order valence-electron chi connectivity index (χ2n) is 7.81. The topological polar surface area (TPSA) is 74.6 Å². The fourth-order valence-corrected chi connectivity index (χ4v) is 5.20. The number of methoxy groups -OCH3 is 1. The molecule has 1 atom stereocenters. The minimum absolute atomic E-state index is 0.112. The van der Waals surface area contributed by atoms with Crippen molar-refractivity contribution in [1.29, 1.82) is 5.26 Å². The van der Waals surface area contributed by atoms with Gasteiger partial charge in [-0.15, -0.1) is 11.3 Å². The van der Waals surface area contributed by atoms with Gasteiger partial charge in [0.15, 0.2) is 11.5 Å². The molecule has 1 aliphatic carbocycles. The van der Waals surface area contributed by atoms with Crippen LogP contribution in [0.5, 0.6) is 11.5 Å². The van der Waals surface area contributed by atoms with E-state index < -0.39 is 0 Å². The van der Waals surface area contributed by atoms with Crippen molar-refractivity contribution < 1.29 is 14.3 Å². The molecular formula is C23H29N3O3S. The van der Waals surface area contributed by atoms with Crippen LogP contribution >= 0.6 is 11.3 Å². The average molecular weight is 428 g/mol. The molecule has 2 aromatic rings. The van der Waals surface area contributed by atoms with Gasteiger partial charge >= 0.3 is 0 Å². The number of nitriles is 1. The number of fused-ring (bicyclic) bond motifs is 1. The molecule has 0 bridgehead atoms. The number of amides is 1. The van der Waals surface area contributed by atoms with E-state index >= 15 is 0 Å². The highest BCUT2D eigenvalue weighted by molar-refractivity contribution is 7.16. The van der Waals surface area contributed by atoms with Gasteiger partial charge in [-0.1, -0.05) is 13.0 Å². The van der Waals surface area contributed by atoms with Gasteiger partial charge in [0.2, 0.25) is 5.91 Å². The minimum atomic E-state index is -0.112. The van der Waals surface area contributed by atoms with Crippen LogP contribution in [0, 0.1) is 17.2 Å². The van der Waals surface area contributed by atoms with Crippen LogP contribution in [-0.4, -0.2) is 38.1 Å². The summed E-state index contributed by atoms with van der Waals surface area (Å²) in [7, 11) is 3.52. The second-order valence-corrected chi connectivity index (χ2v) is 8.91. The molecule has 1 heterocycles. The lowest BCUT2D eigenvalue weighted by atomic mass is 9.89. The lowest BCUT2D eigenvalue weighted by Crippen LogP contribution is -2.29. The Morgan fingerprint density at radius 1 is 1.40 bits per heavy atom. The highest BCUT2D eigenvalue weighted by atomic mass is 32.1. The Balaban J connectivity index is 1.62. The molecule has 1 N–H and O–H groups in total. The van der Waals surface area contributed by atoms with Crippen molar-refractivity contribution in [2.75, 3.05) is 32.6 Å². The molecule has 1 aromatic carbocycles. The molecule has 1 amide bonds. The fraction of sp³-hybridized carbons (Fsp3) is 0.478. The van der Waals surface area contributed by atoms with E-state index in [9.17, 15) is 10.1 Å². The molecule has 160 valence electrons. The molecule has 0 fully saturated rings. The molecule has 7 heteroatoms. The maximum Gasteiger partial charge on any atom is 0.239 e. The van der Waals surface area contributed by atoms with E-state index in [1.807, 2.05) is 37.1 Å². The predicted molar refractivity (Wildman–Crippen MR) is 119 cm³/mol. The number of carbonyl (C=O) groups is 1. The highest BCUT2D eigenvalue weighted by Crippen LogP contribution is 2.39. The Kier molecular flexibility index (Phi) is 7.35. The third-order valence-electron chi connectivity index (χ3n) is 5.27. The molecule has 0 saturated heterocycles. The average Bonchev–Trinajstić information content (AvgIpc) is 3.04. The summed E-state index contributed by atoms with van der Waals surface area (Å²) < 4.78 is 11.0. The largest absolute Gasteiger partial charge is 0.493 e. The van der Waals surface area contributed by atoms with Gasteiger partial charge in [-0.25, -0.2) is 0 Å². The van der Waals surface area contributed by atoms with E-state index in [1.54, 1.807) is 18.4 Å². The molecule has 0 saturated carbocycles. The van der Waals surface area contributed by atoms with Crippen LogP contribution in [0.15, 0.2) is 18.2 Å². The number of likely N-dealkylation sites (N-methyl/N-ethyl adjacent to an activating group) is 1. The Bertz CT molecular complexity index is 948. The van der Waals surface area contributed by atoms with E-state index in [0.29, 0.717) is 41.1 Å². The van der Waals surface area contributed by atoms with E-state index in [4.69, 9.17) is 9.47 Å². The van der Waals surface area contributed by atoms with Gasteiger partial charge in [-0.3, -0.25) is 9.69 Å². The van der Waals surface area contributed by atoms with E-state index in [1.165, 1.54) is 4.88 Å². The zero-order valence-electron chi connectivity index (χ0n) is 18.1. The van der Waals surface area contributed by atoms with Gasteiger partial charge in [0.25, 0.3) is 0 Å². The van der Waals surface area contributed by atoms with Crippen LogP contribution < -0.4 is 14.8 Å². The number of benzene rings is 1. The third kappa shape index (κ3) is 5.13. The highest BCUT2D eigenvalue weighted by Gasteiger charge is 2.24. The molecule has 30 heavy (non-hydrogen) atoms. The van der Waals surface area contributed by atoms with Crippen LogP contribution in [0.3, 0.4) is 0 Å². The lowest BCUT2D eigenvalue weighted by molar-refractivity contribution is -0.117.